The van der Waals surface area contributed by atoms with Crippen molar-refractivity contribution < 1.29 is 37.4 Å². The number of aliphatic hydroxyl groups is 2. The van der Waals surface area contributed by atoms with Gasteiger partial charge >= 0.3 is 36.0 Å². The molecule has 121 valence electrons. The molecule has 0 unspecified atom stereocenters. The van der Waals surface area contributed by atoms with Crippen LogP contribution in [0.25, 0.3) is 0 Å². The van der Waals surface area contributed by atoms with Crippen LogP contribution in [0.2, 0.25) is 0 Å². The Hall–Kier alpha value is -0.330. The summed E-state index contributed by atoms with van der Waals surface area (Å²) >= 11 is -0.706. The second-order valence-corrected chi connectivity index (χ2v) is 6.52. The summed E-state index contributed by atoms with van der Waals surface area (Å²) < 4.78 is 0. The van der Waals surface area contributed by atoms with E-state index in [1.165, 1.54) is 6.92 Å². The minimum absolute atomic E-state index is 0.219. The second-order valence-electron chi connectivity index (χ2n) is 3.18. The number of carbonyl (C=O) groups is 2. The number of Topliss-reactive ketones (excluding diaryl/α,β-unsaturated/α-hetero) is 2. The van der Waals surface area contributed by atoms with Crippen LogP contribution < -0.4 is 0 Å². The summed E-state index contributed by atoms with van der Waals surface area (Å²) in [5.74, 6) is -0.452. The third kappa shape index (κ3) is 25.0. The second kappa shape index (κ2) is 22.0. The average molecular weight is 417 g/mol. The van der Waals surface area contributed by atoms with E-state index in [0.717, 1.165) is 6.42 Å². The van der Waals surface area contributed by atoms with E-state index in [9.17, 15) is 9.59 Å². The number of benzene rings is 1. The summed E-state index contributed by atoms with van der Waals surface area (Å²) in [6, 6.07) is 8.72. The molecule has 0 atom stereocenters. The fourth-order valence-corrected chi connectivity index (χ4v) is 0.870. The summed E-state index contributed by atoms with van der Waals surface area (Å²) in [5.41, 5.74) is 0.549. The zero-order valence-electron chi connectivity index (χ0n) is 12.3. The Kier molecular flexibility index (Phi) is 26.8. The van der Waals surface area contributed by atoms with Gasteiger partial charge in [0.1, 0.15) is 0 Å². The fraction of sp³-hybridized carbons (Fsp3) is 0.357. The number of ketones is 2. The molecule has 0 saturated heterocycles. The summed E-state index contributed by atoms with van der Waals surface area (Å²) in [7, 11) is 9.83. The van der Waals surface area contributed by atoms with Crippen LogP contribution in [-0.2, 0) is 22.4 Å². The standard InChI is InChI=1S/C10H9O2.2C2H6O.2ClH.Nb/c1-8(11)7-10(12)9-5-3-2-4-6-9;2*1-2-3;;;/h2-7H,1H3;2*3H,2H2,1H3;2*1H;/q-1;;;;;+2/p-2. The van der Waals surface area contributed by atoms with Gasteiger partial charge in [0.15, 0.2) is 0 Å². The Balaban J connectivity index is -0.000000300. The van der Waals surface area contributed by atoms with Crippen LogP contribution in [0.4, 0.5) is 0 Å². The van der Waals surface area contributed by atoms with Gasteiger partial charge in [-0.3, -0.25) is 0 Å². The normalized spacial score (nSPS) is 7.57. The summed E-state index contributed by atoms with van der Waals surface area (Å²) in [6.45, 7) is 5.22. The van der Waals surface area contributed by atoms with Crippen LogP contribution in [0.3, 0.4) is 0 Å². The maximum atomic E-state index is 11.2. The molecule has 0 aliphatic rings. The van der Waals surface area contributed by atoms with Gasteiger partial charge in [-0.25, -0.2) is 0 Å². The quantitative estimate of drug-likeness (QED) is 0.343. The molecule has 0 aliphatic heterocycles. The molecule has 0 aromatic heterocycles. The van der Waals surface area contributed by atoms with E-state index in [2.05, 4.69) is 0 Å². The third-order valence-electron chi connectivity index (χ3n) is 1.39. The first kappa shape index (κ1) is 25.6. The summed E-state index contributed by atoms with van der Waals surface area (Å²) in [5, 5.41) is 15.1. The van der Waals surface area contributed by atoms with Crippen molar-refractivity contribution in [2.45, 2.75) is 20.8 Å². The van der Waals surface area contributed by atoms with E-state index < -0.39 is 17.6 Å². The number of hydrogen-bond acceptors (Lipinski definition) is 4. The van der Waals surface area contributed by atoms with E-state index in [0.29, 0.717) is 5.56 Å². The zero-order valence-corrected chi connectivity index (χ0v) is 16.0. The van der Waals surface area contributed by atoms with Gasteiger partial charge in [-0.15, -0.1) is 24.1 Å². The van der Waals surface area contributed by atoms with E-state index in [1.807, 2.05) is 6.07 Å². The molecular weight excluding hydrogens is 396 g/mol. The average Bonchev–Trinajstić information content (AvgIpc) is 2.41. The molecule has 0 aliphatic carbocycles. The molecule has 0 radical (unpaired) electrons. The molecule has 21 heavy (non-hydrogen) atoms. The van der Waals surface area contributed by atoms with Crippen molar-refractivity contribution in [2.75, 3.05) is 13.2 Å². The SMILES string of the molecule is CC(=O)[CH-]C(=O)c1ccccc1.CCO.CCO.[Cl][Nb][Cl]. The van der Waals surface area contributed by atoms with E-state index in [-0.39, 0.29) is 24.8 Å². The zero-order chi connectivity index (χ0) is 17.1. The third-order valence-corrected chi connectivity index (χ3v) is 1.39. The Bertz CT molecular complexity index is 343. The van der Waals surface area contributed by atoms with E-state index in [4.69, 9.17) is 28.6 Å². The maximum absolute atomic E-state index is 11.2. The Labute approximate surface area is 143 Å². The molecule has 7 heteroatoms. The van der Waals surface area contributed by atoms with Gasteiger partial charge in [-0.2, -0.15) is 0 Å². The predicted molar refractivity (Wildman–Crippen MR) is 83.0 cm³/mol. The summed E-state index contributed by atoms with van der Waals surface area (Å²) in [6.07, 6.45) is 1.09. The first-order valence-electron chi connectivity index (χ1n) is 6.03. The minimum atomic E-state index is -0.706. The summed E-state index contributed by atoms with van der Waals surface area (Å²) in [4.78, 5) is 21.7. The number of aliphatic hydroxyl groups excluding tert-OH is 2. The Morgan fingerprint density at radius 2 is 1.43 bits per heavy atom. The molecule has 0 fully saturated rings. The van der Waals surface area contributed by atoms with Crippen LogP contribution in [-0.4, -0.2) is 35.0 Å². The molecule has 0 heterocycles. The van der Waals surface area contributed by atoms with Crippen LogP contribution in [0.1, 0.15) is 31.1 Å². The van der Waals surface area contributed by atoms with Crippen LogP contribution >= 0.6 is 18.4 Å². The molecule has 0 saturated carbocycles. The first-order chi connectivity index (χ1) is 9.94. The number of carbonyl (C=O) groups excluding carboxylic acids is 2. The molecule has 2 N–H and O–H groups in total. The predicted octanol–water partition coefficient (Wildman–Crippen LogP) is 3.04. The number of halogens is 2. The van der Waals surface area contributed by atoms with Gasteiger partial charge in [0.2, 0.25) is 0 Å². The molecule has 1 rings (SSSR count). The van der Waals surface area contributed by atoms with Crippen LogP contribution in [0.5, 0.6) is 0 Å². The monoisotopic (exact) mass is 416 g/mol. The van der Waals surface area contributed by atoms with Crippen molar-refractivity contribution in [1.82, 2.24) is 0 Å². The Morgan fingerprint density at radius 1 is 1.10 bits per heavy atom. The molecule has 0 spiro atoms. The van der Waals surface area contributed by atoms with Crippen LogP contribution in [0, 0.1) is 6.42 Å². The van der Waals surface area contributed by atoms with Gasteiger partial charge in [0.25, 0.3) is 0 Å². The Morgan fingerprint density at radius 3 is 1.71 bits per heavy atom. The fourth-order valence-electron chi connectivity index (χ4n) is 0.870. The van der Waals surface area contributed by atoms with Crippen molar-refractivity contribution >= 4 is 29.9 Å². The van der Waals surface area contributed by atoms with Gasteiger partial charge in [-0.1, -0.05) is 18.2 Å². The van der Waals surface area contributed by atoms with Crippen molar-refractivity contribution in [1.29, 1.82) is 0 Å². The van der Waals surface area contributed by atoms with Crippen molar-refractivity contribution in [3.05, 3.63) is 42.3 Å². The van der Waals surface area contributed by atoms with Gasteiger partial charge in [0.05, 0.1) is 5.78 Å². The van der Waals surface area contributed by atoms with Gasteiger partial charge in [0, 0.05) is 19.0 Å². The van der Waals surface area contributed by atoms with E-state index >= 15 is 0 Å². The molecule has 0 amide bonds. The van der Waals surface area contributed by atoms with Gasteiger partial charge in [-0.05, 0) is 20.8 Å². The molecule has 1 aromatic rings. The topological polar surface area (TPSA) is 74.6 Å². The first-order valence-corrected chi connectivity index (χ1v) is 11.7. The van der Waals surface area contributed by atoms with Crippen molar-refractivity contribution in [3.8, 4) is 0 Å². The number of rotatable bonds is 3. The van der Waals surface area contributed by atoms with Crippen molar-refractivity contribution in [2.24, 2.45) is 0 Å². The van der Waals surface area contributed by atoms with Gasteiger partial charge < -0.3 is 19.8 Å². The van der Waals surface area contributed by atoms with Crippen LogP contribution in [0.15, 0.2) is 30.3 Å². The molecule has 1 aromatic carbocycles. The molecule has 0 bridgehead atoms. The van der Waals surface area contributed by atoms with E-state index in [1.54, 1.807) is 38.1 Å². The van der Waals surface area contributed by atoms with Crippen molar-refractivity contribution in [3.63, 3.8) is 0 Å². The number of hydrogen-bond donors (Lipinski definition) is 2. The molecular formula is C14H21Cl2NbO4-. The molecule has 4 nitrogen and oxygen atoms in total.